The molecule has 0 N–H and O–H groups in total. The highest BCUT2D eigenvalue weighted by atomic mass is 32.2. The van der Waals surface area contributed by atoms with Gasteiger partial charge in [-0.25, -0.2) is 13.2 Å². The minimum absolute atomic E-state index is 0.0651. The first kappa shape index (κ1) is 12.3. The topological polar surface area (TPSA) is 97.4 Å². The summed E-state index contributed by atoms with van der Waals surface area (Å²) in [5.74, 6) is -1.62. The third-order valence-corrected chi connectivity index (χ3v) is 2.99. The number of carbonyl (C=O) groups is 1. The summed E-state index contributed by atoms with van der Waals surface area (Å²) < 4.78 is 31.8. The minimum atomic E-state index is -3.51. The number of nitriles is 1. The Morgan fingerprint density at radius 3 is 2.81 bits per heavy atom. The number of hydrogen-bond acceptors (Lipinski definition) is 6. The minimum Gasteiger partial charge on any atom is -0.463 e. The highest BCUT2D eigenvalue weighted by molar-refractivity contribution is 7.90. The summed E-state index contributed by atoms with van der Waals surface area (Å²) >= 11 is 0. The predicted molar refractivity (Wildman–Crippen MR) is 53.2 cm³/mol. The van der Waals surface area contributed by atoms with Crippen LogP contribution in [0.1, 0.15) is 16.3 Å². The van der Waals surface area contributed by atoms with E-state index in [4.69, 9.17) is 9.68 Å². The average molecular weight is 243 g/mol. The Bertz CT molecular complexity index is 522. The lowest BCUT2D eigenvalue weighted by Crippen LogP contribution is -2.07. The van der Waals surface area contributed by atoms with Crippen LogP contribution in [-0.4, -0.2) is 27.2 Å². The van der Waals surface area contributed by atoms with Gasteiger partial charge >= 0.3 is 5.97 Å². The summed E-state index contributed by atoms with van der Waals surface area (Å²) in [6.45, 7) is 0. The molecule has 0 aliphatic rings. The summed E-state index contributed by atoms with van der Waals surface area (Å²) in [4.78, 5) is 11.0. The zero-order chi connectivity index (χ0) is 12.2. The number of sulfone groups is 1. The second kappa shape index (κ2) is 4.81. The van der Waals surface area contributed by atoms with E-state index >= 15 is 0 Å². The number of furan rings is 1. The molecule has 0 radical (unpaired) electrons. The van der Waals surface area contributed by atoms with Crippen molar-refractivity contribution in [3.8, 4) is 6.07 Å². The van der Waals surface area contributed by atoms with Crippen LogP contribution in [0.4, 0.5) is 0 Å². The molecule has 0 aliphatic heterocycles. The molecular weight excluding hydrogens is 234 g/mol. The van der Waals surface area contributed by atoms with Crippen LogP contribution in [-0.2, 0) is 20.3 Å². The number of ether oxygens (including phenoxy) is 1. The Labute approximate surface area is 92.3 Å². The van der Waals surface area contributed by atoms with Gasteiger partial charge < -0.3 is 9.15 Å². The number of esters is 1. The van der Waals surface area contributed by atoms with Gasteiger partial charge in [-0.1, -0.05) is 0 Å². The van der Waals surface area contributed by atoms with Crippen molar-refractivity contribution in [3.63, 3.8) is 0 Å². The highest BCUT2D eigenvalue weighted by Crippen LogP contribution is 2.12. The summed E-state index contributed by atoms with van der Waals surface area (Å²) in [7, 11) is -2.32. The van der Waals surface area contributed by atoms with Crippen molar-refractivity contribution in [2.24, 2.45) is 0 Å². The molecule has 0 saturated carbocycles. The fraction of sp³-hybridized carbons (Fsp3) is 0.333. The van der Waals surface area contributed by atoms with Gasteiger partial charge in [-0.15, -0.1) is 0 Å². The molecule has 1 aromatic rings. The maximum Gasteiger partial charge on any atom is 0.373 e. The van der Waals surface area contributed by atoms with E-state index in [1.165, 1.54) is 19.2 Å². The van der Waals surface area contributed by atoms with Gasteiger partial charge in [0.1, 0.15) is 17.3 Å². The lowest BCUT2D eigenvalue weighted by molar-refractivity contribution is 0.0563. The quantitative estimate of drug-likeness (QED) is 0.714. The van der Waals surface area contributed by atoms with Crippen LogP contribution >= 0.6 is 0 Å². The molecule has 0 fully saturated rings. The Kier molecular flexibility index (Phi) is 3.68. The first-order valence-corrected chi connectivity index (χ1v) is 6.05. The standard InChI is InChI=1S/C9H9NO5S/c1-14-9(11)8-3-2-7(15-8)6-16(12,13)5-4-10/h2-3H,5-6H2,1H3. The molecule has 0 aliphatic carbocycles. The van der Waals surface area contributed by atoms with E-state index in [9.17, 15) is 13.2 Å². The lowest BCUT2D eigenvalue weighted by Gasteiger charge is -1.96. The molecule has 0 aromatic carbocycles. The van der Waals surface area contributed by atoms with Crippen LogP contribution in [0.2, 0.25) is 0 Å². The Morgan fingerprint density at radius 1 is 1.56 bits per heavy atom. The van der Waals surface area contributed by atoms with Gasteiger partial charge in [0.25, 0.3) is 0 Å². The summed E-state index contributed by atoms with van der Waals surface area (Å²) in [6, 6.07) is 4.23. The van der Waals surface area contributed by atoms with Crippen LogP contribution in [0.5, 0.6) is 0 Å². The van der Waals surface area contributed by atoms with Crippen LogP contribution in [0.3, 0.4) is 0 Å². The second-order valence-electron chi connectivity index (χ2n) is 2.95. The normalized spacial score (nSPS) is 10.8. The molecule has 86 valence electrons. The first-order valence-electron chi connectivity index (χ1n) is 4.23. The van der Waals surface area contributed by atoms with Crippen molar-refractivity contribution in [3.05, 3.63) is 23.7 Å². The van der Waals surface area contributed by atoms with Crippen LogP contribution in [0, 0.1) is 11.3 Å². The Balaban J connectivity index is 2.81. The summed E-state index contributed by atoms with van der Waals surface area (Å²) in [6.07, 6.45) is 0. The zero-order valence-electron chi connectivity index (χ0n) is 8.47. The van der Waals surface area contributed by atoms with Crippen molar-refractivity contribution in [2.75, 3.05) is 12.9 Å². The van der Waals surface area contributed by atoms with E-state index in [0.29, 0.717) is 0 Å². The molecule has 0 bridgehead atoms. The molecule has 1 aromatic heterocycles. The SMILES string of the molecule is COC(=O)c1ccc(CS(=O)(=O)CC#N)o1. The predicted octanol–water partition coefficient (Wildman–Crippen LogP) is 0.505. The molecule has 0 atom stereocenters. The van der Waals surface area contributed by atoms with Crippen LogP contribution < -0.4 is 0 Å². The smallest absolute Gasteiger partial charge is 0.373 e. The highest BCUT2D eigenvalue weighted by Gasteiger charge is 2.17. The first-order chi connectivity index (χ1) is 7.48. The molecule has 16 heavy (non-hydrogen) atoms. The number of hydrogen-bond donors (Lipinski definition) is 0. The van der Waals surface area contributed by atoms with Crippen molar-refractivity contribution < 1.29 is 22.4 Å². The van der Waals surface area contributed by atoms with Gasteiger partial charge in [-0.2, -0.15) is 5.26 Å². The van der Waals surface area contributed by atoms with Crippen molar-refractivity contribution in [1.82, 2.24) is 0 Å². The van der Waals surface area contributed by atoms with Gasteiger partial charge in [-0.3, -0.25) is 0 Å². The fourth-order valence-corrected chi connectivity index (χ4v) is 1.92. The largest absolute Gasteiger partial charge is 0.463 e. The molecule has 0 amide bonds. The van der Waals surface area contributed by atoms with Gasteiger partial charge in [0.05, 0.1) is 13.2 Å². The van der Waals surface area contributed by atoms with E-state index in [1.54, 1.807) is 6.07 Å². The maximum absolute atomic E-state index is 11.2. The van der Waals surface area contributed by atoms with Crippen molar-refractivity contribution in [1.29, 1.82) is 5.26 Å². The van der Waals surface area contributed by atoms with Gasteiger partial charge in [0.15, 0.2) is 9.84 Å². The van der Waals surface area contributed by atoms with E-state index in [0.717, 1.165) is 0 Å². The maximum atomic E-state index is 11.2. The van der Waals surface area contributed by atoms with Gasteiger partial charge in [-0.05, 0) is 12.1 Å². The molecule has 1 heterocycles. The Morgan fingerprint density at radius 2 is 2.25 bits per heavy atom. The molecule has 7 heteroatoms. The molecule has 0 unspecified atom stereocenters. The molecule has 0 saturated heterocycles. The summed E-state index contributed by atoms with van der Waals surface area (Å²) in [5, 5.41) is 8.28. The number of nitrogens with zero attached hydrogens (tertiary/aromatic N) is 1. The number of rotatable bonds is 4. The third kappa shape index (κ3) is 3.10. The molecule has 0 spiro atoms. The van der Waals surface area contributed by atoms with Crippen molar-refractivity contribution in [2.45, 2.75) is 5.75 Å². The molecule has 1 rings (SSSR count). The fourth-order valence-electron chi connectivity index (χ4n) is 1.03. The van der Waals surface area contributed by atoms with Gasteiger partial charge in [0, 0.05) is 0 Å². The van der Waals surface area contributed by atoms with E-state index in [-0.39, 0.29) is 11.5 Å². The third-order valence-electron chi connectivity index (χ3n) is 1.69. The van der Waals surface area contributed by atoms with Crippen LogP contribution in [0.15, 0.2) is 16.5 Å². The molecule has 6 nitrogen and oxygen atoms in total. The molecular formula is C9H9NO5S. The summed E-state index contributed by atoms with van der Waals surface area (Å²) in [5.41, 5.74) is 0. The van der Waals surface area contributed by atoms with Gasteiger partial charge in [0.2, 0.25) is 5.76 Å². The van der Waals surface area contributed by atoms with E-state index in [1.807, 2.05) is 0 Å². The Hall–Kier alpha value is -1.81. The van der Waals surface area contributed by atoms with E-state index in [2.05, 4.69) is 4.74 Å². The van der Waals surface area contributed by atoms with Crippen LogP contribution in [0.25, 0.3) is 0 Å². The average Bonchev–Trinajstić information content (AvgIpc) is 2.64. The second-order valence-corrected chi connectivity index (χ2v) is 5.01. The van der Waals surface area contributed by atoms with Crippen molar-refractivity contribution >= 4 is 15.8 Å². The van der Waals surface area contributed by atoms with E-state index < -0.39 is 27.3 Å². The number of methoxy groups -OCH3 is 1. The zero-order valence-corrected chi connectivity index (χ0v) is 9.28. The number of carbonyl (C=O) groups excluding carboxylic acids is 1. The lowest BCUT2D eigenvalue weighted by atomic mass is 10.4. The monoisotopic (exact) mass is 243 g/mol.